The van der Waals surface area contributed by atoms with Gasteiger partial charge in [0.05, 0.1) is 46.1 Å². The van der Waals surface area contributed by atoms with Crippen molar-refractivity contribution in [3.05, 3.63) is 48.6 Å². The van der Waals surface area contributed by atoms with E-state index in [0.717, 1.165) is 96.3 Å². The lowest BCUT2D eigenvalue weighted by Gasteiger charge is -2.28. The summed E-state index contributed by atoms with van der Waals surface area (Å²) in [4.78, 5) is 37.8. The SMILES string of the molecule is CC/C=C\C/C=C\C/C=C\CCCCCCCC(=O)O[C@H](COC(=O)CCCCCC[C@@H]1[C@@H](/C=C/[C@@H](O)CCCCC)[C@H](O)C[C@@H]1O)COP(=O)([O-])OCC[N+](C)(C)C. The van der Waals surface area contributed by atoms with Gasteiger partial charge in [0.15, 0.2) is 6.10 Å². The maximum Gasteiger partial charge on any atom is 0.306 e. The standard InChI is InChI=1S/C46H82NO11P/c1-6-8-10-11-12-13-14-15-16-17-18-19-20-21-27-31-46(52)58-40(38-57-59(53,54)56-35-34-47(3,4)5)37-55-45(51)30-26-23-22-25-29-41-42(44(50)36-43(41)49)33-32-39(48)28-24-9-7-2/h8,10,12-13,15-16,32-33,39-44,48-50H,6-7,9,11,14,17-31,34-38H2,1-5H3/b10-8-,13-12-,16-15-,33-32+/t39-,40+,41+,42+,43-,44+/m0/s1. The molecule has 0 bridgehead atoms. The van der Waals surface area contributed by atoms with Crippen LogP contribution in [0.4, 0.5) is 0 Å². The highest BCUT2D eigenvalue weighted by molar-refractivity contribution is 7.45. The number of allylic oxidation sites excluding steroid dienone is 6. The molecule has 13 heteroatoms. The second-order valence-electron chi connectivity index (χ2n) is 17.0. The fourth-order valence-electron chi connectivity index (χ4n) is 6.88. The van der Waals surface area contributed by atoms with Gasteiger partial charge in [-0.25, -0.2) is 0 Å². The van der Waals surface area contributed by atoms with E-state index in [0.29, 0.717) is 36.7 Å². The topological polar surface area (TPSA) is 172 Å². The smallest absolute Gasteiger partial charge is 0.306 e. The molecule has 0 spiro atoms. The predicted molar refractivity (Wildman–Crippen MR) is 233 cm³/mol. The fraction of sp³-hybridized carbons (Fsp3) is 0.783. The summed E-state index contributed by atoms with van der Waals surface area (Å²) in [5.74, 6) is -1.28. The van der Waals surface area contributed by atoms with Gasteiger partial charge in [-0.2, -0.15) is 0 Å². The number of rotatable bonds is 36. The maximum absolute atomic E-state index is 12.7. The minimum Gasteiger partial charge on any atom is -0.756 e. The maximum atomic E-state index is 12.7. The van der Waals surface area contributed by atoms with Gasteiger partial charge in [0.2, 0.25) is 0 Å². The molecular weight excluding hydrogens is 773 g/mol. The Morgan fingerprint density at radius 1 is 0.780 bits per heavy atom. The lowest BCUT2D eigenvalue weighted by molar-refractivity contribution is -0.870. The second-order valence-corrected chi connectivity index (χ2v) is 18.4. The number of nitrogens with zero attached hydrogens (tertiary/aromatic N) is 1. The first kappa shape index (κ1) is 54.9. The zero-order valence-electron chi connectivity index (χ0n) is 37.3. The second kappa shape index (κ2) is 33.5. The third-order valence-electron chi connectivity index (χ3n) is 10.4. The van der Waals surface area contributed by atoms with Crippen molar-refractivity contribution in [2.45, 2.75) is 173 Å². The number of hydrogen-bond donors (Lipinski definition) is 3. The van der Waals surface area contributed by atoms with Crippen molar-refractivity contribution in [2.75, 3.05) is 47.5 Å². The number of carbonyl (C=O) groups excluding carboxylic acids is 2. The van der Waals surface area contributed by atoms with Gasteiger partial charge >= 0.3 is 11.9 Å². The van der Waals surface area contributed by atoms with Gasteiger partial charge < -0.3 is 43.2 Å². The molecule has 0 aromatic rings. The molecule has 12 nitrogen and oxygen atoms in total. The third kappa shape index (κ3) is 30.5. The molecule has 3 N–H and O–H groups in total. The van der Waals surface area contributed by atoms with Crippen molar-refractivity contribution >= 4 is 19.8 Å². The zero-order chi connectivity index (χ0) is 43.8. The van der Waals surface area contributed by atoms with Crippen molar-refractivity contribution in [3.8, 4) is 0 Å². The van der Waals surface area contributed by atoms with Crippen LogP contribution in [0.25, 0.3) is 0 Å². The minimum atomic E-state index is -4.69. The number of hydrogen-bond acceptors (Lipinski definition) is 11. The summed E-state index contributed by atoms with van der Waals surface area (Å²) in [6.45, 7) is 3.74. The first-order chi connectivity index (χ1) is 28.2. The molecule has 0 aromatic carbocycles. The van der Waals surface area contributed by atoms with Crippen molar-refractivity contribution in [1.29, 1.82) is 0 Å². The molecule has 1 saturated carbocycles. The summed E-state index contributed by atoms with van der Waals surface area (Å²) >= 11 is 0. The van der Waals surface area contributed by atoms with E-state index < -0.39 is 50.8 Å². The van der Waals surface area contributed by atoms with Crippen LogP contribution in [0.15, 0.2) is 48.6 Å². The molecule has 1 rings (SSSR count). The number of esters is 2. The van der Waals surface area contributed by atoms with E-state index in [2.05, 4.69) is 50.3 Å². The average molecular weight is 856 g/mol. The van der Waals surface area contributed by atoms with Crippen LogP contribution < -0.4 is 4.89 Å². The summed E-state index contributed by atoms with van der Waals surface area (Å²) in [5.41, 5.74) is 0. The van der Waals surface area contributed by atoms with E-state index in [9.17, 15) is 34.4 Å². The van der Waals surface area contributed by atoms with Gasteiger partial charge in [0, 0.05) is 25.2 Å². The molecule has 0 amide bonds. The van der Waals surface area contributed by atoms with Crippen molar-refractivity contribution in [2.24, 2.45) is 11.8 Å². The van der Waals surface area contributed by atoms with Gasteiger partial charge in [0.25, 0.3) is 7.82 Å². The van der Waals surface area contributed by atoms with Gasteiger partial charge in [-0.15, -0.1) is 0 Å². The van der Waals surface area contributed by atoms with Crippen molar-refractivity contribution in [1.82, 2.24) is 0 Å². The number of carbonyl (C=O) groups is 2. The van der Waals surface area contributed by atoms with E-state index in [1.165, 1.54) is 0 Å². The van der Waals surface area contributed by atoms with Crippen molar-refractivity contribution < 1.29 is 57.4 Å². The largest absolute Gasteiger partial charge is 0.756 e. The lowest BCUT2D eigenvalue weighted by Crippen LogP contribution is -2.37. The molecule has 0 saturated heterocycles. The molecule has 0 radical (unpaired) electrons. The molecule has 342 valence electrons. The Balaban J connectivity index is 2.48. The highest BCUT2D eigenvalue weighted by atomic mass is 31.2. The average Bonchev–Trinajstić information content (AvgIpc) is 3.44. The number of phosphoric acid groups is 1. The zero-order valence-corrected chi connectivity index (χ0v) is 38.2. The molecule has 0 aliphatic heterocycles. The monoisotopic (exact) mass is 856 g/mol. The van der Waals surface area contributed by atoms with E-state index in [1.807, 2.05) is 27.2 Å². The highest BCUT2D eigenvalue weighted by Gasteiger charge is 2.39. The molecule has 1 fully saturated rings. The first-order valence-electron chi connectivity index (χ1n) is 22.6. The highest BCUT2D eigenvalue weighted by Crippen LogP contribution is 2.39. The number of aliphatic hydroxyl groups is 3. The van der Waals surface area contributed by atoms with E-state index in [-0.39, 0.29) is 37.9 Å². The van der Waals surface area contributed by atoms with Crippen LogP contribution in [0.5, 0.6) is 0 Å². The molecule has 0 heterocycles. The van der Waals surface area contributed by atoms with Crippen LogP contribution in [0.2, 0.25) is 0 Å². The summed E-state index contributed by atoms with van der Waals surface area (Å²) in [5, 5.41) is 31.4. The number of phosphoric ester groups is 1. The van der Waals surface area contributed by atoms with Gasteiger partial charge in [0.1, 0.15) is 19.8 Å². The number of likely N-dealkylation sites (N-methyl/N-ethyl adjacent to an activating group) is 1. The molecule has 0 aromatic heterocycles. The molecule has 1 aliphatic carbocycles. The Morgan fingerprint density at radius 2 is 1.41 bits per heavy atom. The molecule has 59 heavy (non-hydrogen) atoms. The minimum absolute atomic E-state index is 0.0707. The summed E-state index contributed by atoms with van der Waals surface area (Å²) in [7, 11) is 1.03. The first-order valence-corrected chi connectivity index (χ1v) is 24.1. The summed E-state index contributed by atoms with van der Waals surface area (Å²) in [6, 6.07) is 0. The van der Waals surface area contributed by atoms with Crippen LogP contribution in [0.1, 0.15) is 149 Å². The van der Waals surface area contributed by atoms with Crippen molar-refractivity contribution in [3.63, 3.8) is 0 Å². The van der Waals surface area contributed by atoms with Crippen LogP contribution in [0, 0.1) is 11.8 Å². The van der Waals surface area contributed by atoms with E-state index >= 15 is 0 Å². The van der Waals surface area contributed by atoms with Crippen LogP contribution in [-0.4, -0.2) is 104 Å². The normalized spacial score (nSPS) is 20.9. The number of ether oxygens (including phenoxy) is 2. The summed E-state index contributed by atoms with van der Waals surface area (Å²) in [6.07, 6.45) is 30.6. The predicted octanol–water partition coefficient (Wildman–Crippen LogP) is 8.43. The van der Waals surface area contributed by atoms with Crippen LogP contribution in [-0.2, 0) is 32.7 Å². The van der Waals surface area contributed by atoms with Gasteiger partial charge in [-0.05, 0) is 63.7 Å². The lowest BCUT2D eigenvalue weighted by atomic mass is 9.88. The Labute approximate surface area is 357 Å². The Hall–Kier alpha value is -2.15. The Kier molecular flexibility index (Phi) is 31.1. The third-order valence-corrected chi connectivity index (χ3v) is 11.4. The quantitative estimate of drug-likeness (QED) is 0.0182. The van der Waals surface area contributed by atoms with Crippen LogP contribution >= 0.6 is 7.82 Å². The number of unbranched alkanes of at least 4 members (excludes halogenated alkanes) is 10. The number of quaternary nitrogens is 1. The molecule has 1 unspecified atom stereocenters. The van der Waals surface area contributed by atoms with E-state index in [4.69, 9.17) is 18.5 Å². The van der Waals surface area contributed by atoms with Gasteiger partial charge in [-0.3, -0.25) is 14.2 Å². The van der Waals surface area contributed by atoms with E-state index in [1.54, 1.807) is 6.08 Å². The van der Waals surface area contributed by atoms with Gasteiger partial charge in [-0.1, -0.05) is 120 Å². The Morgan fingerprint density at radius 3 is 2.08 bits per heavy atom. The Bertz CT molecular complexity index is 1260. The van der Waals surface area contributed by atoms with Crippen LogP contribution in [0.3, 0.4) is 0 Å². The summed E-state index contributed by atoms with van der Waals surface area (Å²) < 4.78 is 33.9. The molecule has 1 aliphatic rings. The fourth-order valence-corrected chi connectivity index (χ4v) is 7.61. The number of aliphatic hydroxyl groups excluding tert-OH is 3. The molecule has 7 atom stereocenters. The molecular formula is C46H82NO11P.